The van der Waals surface area contributed by atoms with Crippen molar-refractivity contribution in [2.45, 2.75) is 56.4 Å². The van der Waals surface area contributed by atoms with Crippen molar-refractivity contribution in [2.75, 3.05) is 7.05 Å². The minimum atomic E-state index is 0.418. The highest BCUT2D eigenvalue weighted by atomic mass is 14.9. The maximum Gasteiger partial charge on any atom is 0.0189 e. The Morgan fingerprint density at radius 1 is 1.06 bits per heavy atom. The van der Waals surface area contributed by atoms with Crippen LogP contribution in [0.15, 0.2) is 30.3 Å². The van der Waals surface area contributed by atoms with Gasteiger partial charge in [-0.3, -0.25) is 0 Å². The summed E-state index contributed by atoms with van der Waals surface area (Å²) in [6.07, 6.45) is 9.85. The predicted octanol–water partition coefficient (Wildman–Crippen LogP) is 3.89. The molecular formula is C17H25N. The number of hydrogen-bond donors (Lipinski definition) is 1. The van der Waals surface area contributed by atoms with Crippen molar-refractivity contribution in [2.24, 2.45) is 5.92 Å². The average Bonchev–Trinajstić information content (AvgIpc) is 2.85. The molecule has 1 aromatic carbocycles. The Labute approximate surface area is 111 Å². The van der Waals surface area contributed by atoms with Crippen molar-refractivity contribution >= 4 is 0 Å². The molecule has 1 nitrogen and oxygen atoms in total. The molecule has 1 atom stereocenters. The van der Waals surface area contributed by atoms with Crippen LogP contribution in [0, 0.1) is 5.92 Å². The van der Waals surface area contributed by atoms with E-state index in [4.69, 9.17) is 0 Å². The molecule has 0 saturated heterocycles. The lowest BCUT2D eigenvalue weighted by atomic mass is 9.63. The molecule has 0 spiro atoms. The largest absolute Gasteiger partial charge is 0.316 e. The molecule has 2 fully saturated rings. The lowest BCUT2D eigenvalue weighted by molar-refractivity contribution is 0.155. The van der Waals surface area contributed by atoms with Gasteiger partial charge >= 0.3 is 0 Å². The minimum Gasteiger partial charge on any atom is -0.316 e. The molecule has 3 rings (SSSR count). The minimum absolute atomic E-state index is 0.418. The molecule has 2 saturated carbocycles. The van der Waals surface area contributed by atoms with Gasteiger partial charge in [-0.2, -0.15) is 0 Å². The van der Waals surface area contributed by atoms with E-state index in [1.807, 2.05) is 0 Å². The van der Waals surface area contributed by atoms with E-state index in [9.17, 15) is 0 Å². The van der Waals surface area contributed by atoms with Gasteiger partial charge in [-0.25, -0.2) is 0 Å². The first-order chi connectivity index (χ1) is 8.87. The van der Waals surface area contributed by atoms with E-state index >= 15 is 0 Å². The molecule has 0 heterocycles. The van der Waals surface area contributed by atoms with Crippen LogP contribution in [0.2, 0.25) is 0 Å². The van der Waals surface area contributed by atoms with Crippen LogP contribution in [-0.2, 0) is 5.41 Å². The van der Waals surface area contributed by atoms with Crippen LogP contribution in [0.4, 0.5) is 0 Å². The van der Waals surface area contributed by atoms with Gasteiger partial charge < -0.3 is 5.32 Å². The summed E-state index contributed by atoms with van der Waals surface area (Å²) in [7, 11) is 2.17. The maximum atomic E-state index is 3.69. The summed E-state index contributed by atoms with van der Waals surface area (Å²) in [4.78, 5) is 0. The highest BCUT2D eigenvalue weighted by molar-refractivity contribution is 5.30. The molecular weight excluding hydrogens is 218 g/mol. The summed E-state index contributed by atoms with van der Waals surface area (Å²) in [5, 5.41) is 3.69. The zero-order chi connectivity index (χ0) is 12.4. The molecule has 1 aromatic rings. The summed E-state index contributed by atoms with van der Waals surface area (Å²) in [6, 6.07) is 12.0. The van der Waals surface area contributed by atoms with Gasteiger partial charge in [0.25, 0.3) is 0 Å². The van der Waals surface area contributed by atoms with E-state index < -0.39 is 0 Å². The molecule has 0 aliphatic heterocycles. The third-order valence-electron chi connectivity index (χ3n) is 5.37. The third kappa shape index (κ3) is 1.89. The number of likely N-dealkylation sites (N-methyl/N-ethyl adjacent to an activating group) is 1. The monoisotopic (exact) mass is 243 g/mol. The molecule has 0 bridgehead atoms. The summed E-state index contributed by atoms with van der Waals surface area (Å²) >= 11 is 0. The van der Waals surface area contributed by atoms with E-state index in [0.29, 0.717) is 11.5 Å². The Morgan fingerprint density at radius 3 is 2.22 bits per heavy atom. The van der Waals surface area contributed by atoms with E-state index in [1.165, 1.54) is 44.9 Å². The first-order valence-corrected chi connectivity index (χ1v) is 7.59. The average molecular weight is 243 g/mol. The summed E-state index contributed by atoms with van der Waals surface area (Å²) in [5.74, 6) is 0.910. The second-order valence-corrected chi connectivity index (χ2v) is 6.19. The molecule has 2 aliphatic rings. The fourth-order valence-electron chi connectivity index (χ4n) is 4.29. The van der Waals surface area contributed by atoms with Crippen LogP contribution < -0.4 is 5.32 Å². The normalized spacial score (nSPS) is 24.7. The number of nitrogens with one attached hydrogen (secondary N) is 1. The Morgan fingerprint density at radius 2 is 1.72 bits per heavy atom. The van der Waals surface area contributed by atoms with Gasteiger partial charge in [0, 0.05) is 11.5 Å². The SMILES string of the molecule is CNC(C1CCC1)C1(c2ccccc2)CCCC1. The van der Waals surface area contributed by atoms with Gasteiger partial charge in [-0.05, 0) is 44.2 Å². The van der Waals surface area contributed by atoms with Crippen LogP contribution in [0.5, 0.6) is 0 Å². The van der Waals surface area contributed by atoms with Gasteiger partial charge in [0.05, 0.1) is 0 Å². The van der Waals surface area contributed by atoms with Crippen LogP contribution in [0.25, 0.3) is 0 Å². The molecule has 0 radical (unpaired) electrons. The van der Waals surface area contributed by atoms with Crippen LogP contribution >= 0.6 is 0 Å². The fraction of sp³-hybridized carbons (Fsp3) is 0.647. The lowest BCUT2D eigenvalue weighted by Gasteiger charge is -2.46. The molecule has 18 heavy (non-hydrogen) atoms. The first-order valence-electron chi connectivity index (χ1n) is 7.59. The van der Waals surface area contributed by atoms with Crippen molar-refractivity contribution in [1.82, 2.24) is 5.32 Å². The van der Waals surface area contributed by atoms with Crippen LogP contribution in [0.1, 0.15) is 50.5 Å². The molecule has 0 aromatic heterocycles. The molecule has 1 heteroatoms. The first kappa shape index (κ1) is 12.2. The van der Waals surface area contributed by atoms with Crippen molar-refractivity contribution < 1.29 is 0 Å². The quantitative estimate of drug-likeness (QED) is 0.846. The summed E-state index contributed by atoms with van der Waals surface area (Å²) < 4.78 is 0. The Balaban J connectivity index is 1.95. The maximum absolute atomic E-state index is 3.69. The van der Waals surface area contributed by atoms with Crippen LogP contribution in [0.3, 0.4) is 0 Å². The second-order valence-electron chi connectivity index (χ2n) is 6.19. The van der Waals surface area contributed by atoms with Crippen molar-refractivity contribution in [3.8, 4) is 0 Å². The summed E-state index contributed by atoms with van der Waals surface area (Å²) in [6.45, 7) is 0. The van der Waals surface area contributed by atoms with E-state index in [0.717, 1.165) is 5.92 Å². The highest BCUT2D eigenvalue weighted by Gasteiger charge is 2.46. The number of rotatable bonds is 4. The zero-order valence-electron chi connectivity index (χ0n) is 11.5. The van der Waals surface area contributed by atoms with E-state index in [1.54, 1.807) is 5.56 Å². The second kappa shape index (κ2) is 5.05. The number of benzene rings is 1. The van der Waals surface area contributed by atoms with Gasteiger partial charge in [0.1, 0.15) is 0 Å². The lowest BCUT2D eigenvalue weighted by Crippen LogP contribution is -2.52. The van der Waals surface area contributed by atoms with Crippen molar-refractivity contribution in [1.29, 1.82) is 0 Å². The molecule has 1 N–H and O–H groups in total. The smallest absolute Gasteiger partial charge is 0.0189 e. The Bertz CT molecular complexity index is 374. The van der Waals surface area contributed by atoms with Gasteiger partial charge in [-0.15, -0.1) is 0 Å². The van der Waals surface area contributed by atoms with E-state index in [2.05, 4.69) is 42.7 Å². The van der Waals surface area contributed by atoms with Gasteiger partial charge in [0.15, 0.2) is 0 Å². The van der Waals surface area contributed by atoms with Crippen molar-refractivity contribution in [3.63, 3.8) is 0 Å². The molecule has 0 amide bonds. The standard InChI is InChI=1S/C17H25N/c1-18-16(14-8-7-9-14)17(12-5-6-13-17)15-10-3-2-4-11-15/h2-4,10-11,14,16,18H,5-9,12-13H2,1H3. The highest BCUT2D eigenvalue weighted by Crippen LogP contribution is 2.49. The summed E-state index contributed by atoms with van der Waals surface area (Å²) in [5.41, 5.74) is 2.00. The van der Waals surface area contributed by atoms with Crippen molar-refractivity contribution in [3.05, 3.63) is 35.9 Å². The fourth-order valence-corrected chi connectivity index (χ4v) is 4.29. The van der Waals surface area contributed by atoms with E-state index in [-0.39, 0.29) is 0 Å². The molecule has 2 aliphatic carbocycles. The number of hydrogen-bond acceptors (Lipinski definition) is 1. The Hall–Kier alpha value is -0.820. The predicted molar refractivity (Wildman–Crippen MR) is 76.8 cm³/mol. The van der Waals surface area contributed by atoms with Crippen LogP contribution in [-0.4, -0.2) is 13.1 Å². The Kier molecular flexibility index (Phi) is 3.43. The third-order valence-corrected chi connectivity index (χ3v) is 5.37. The zero-order valence-corrected chi connectivity index (χ0v) is 11.5. The van der Waals surface area contributed by atoms with Gasteiger partial charge in [-0.1, -0.05) is 49.6 Å². The van der Waals surface area contributed by atoms with Gasteiger partial charge in [0.2, 0.25) is 0 Å². The topological polar surface area (TPSA) is 12.0 Å². The molecule has 98 valence electrons. The molecule has 1 unspecified atom stereocenters.